The van der Waals surface area contributed by atoms with E-state index in [4.69, 9.17) is 22.9 Å². The van der Waals surface area contributed by atoms with E-state index in [0.717, 1.165) is 49.7 Å². The smallest absolute Gasteiger partial charge is 0.220 e. The quantitative estimate of drug-likeness (QED) is 0.161. The summed E-state index contributed by atoms with van der Waals surface area (Å²) < 4.78 is 0. The van der Waals surface area contributed by atoms with E-state index in [1.165, 1.54) is 0 Å². The maximum Gasteiger partial charge on any atom is 0.220 e. The molecule has 0 fully saturated rings. The van der Waals surface area contributed by atoms with Crippen LogP contribution in [0.1, 0.15) is 11.4 Å². The van der Waals surface area contributed by atoms with Crippen molar-refractivity contribution in [2.45, 2.75) is 13.8 Å². The predicted octanol–water partition coefficient (Wildman–Crippen LogP) is 6.13. The van der Waals surface area contributed by atoms with Gasteiger partial charge < -0.3 is 22.9 Å². The highest BCUT2D eigenvalue weighted by Gasteiger charge is 1.96. The molecule has 0 aliphatic heterocycles. The number of fused-ring (bicyclic) bond motifs is 3. The zero-order valence-corrected chi connectivity index (χ0v) is 23.5. The van der Waals surface area contributed by atoms with Crippen LogP contribution in [0.15, 0.2) is 116 Å². The Bertz CT molecular complexity index is 1780. The van der Waals surface area contributed by atoms with Crippen LogP contribution in [-0.2, 0) is 0 Å². The lowest BCUT2D eigenvalue weighted by atomic mass is 10.2. The molecule has 42 heavy (non-hydrogen) atoms. The maximum atomic E-state index is 5.72. The van der Waals surface area contributed by atoms with Crippen LogP contribution in [0.2, 0.25) is 0 Å². The highest BCUT2D eigenvalue weighted by Crippen LogP contribution is 2.18. The molecule has 3 aromatic carbocycles. The second kappa shape index (κ2) is 14.0. The lowest BCUT2D eigenvalue weighted by molar-refractivity contribution is 1.07. The number of hydrogen-bond donors (Lipinski definition) is 4. The van der Waals surface area contributed by atoms with Crippen LogP contribution in [-0.4, -0.2) is 24.9 Å². The molecule has 0 saturated heterocycles. The average Bonchev–Trinajstić information content (AvgIpc) is 2.98. The van der Waals surface area contributed by atoms with Crippen molar-refractivity contribution in [3.05, 3.63) is 127 Å². The second-order valence-corrected chi connectivity index (χ2v) is 9.30. The predicted molar refractivity (Wildman–Crippen MR) is 174 cm³/mol. The molecule has 8 N–H and O–H groups in total. The summed E-state index contributed by atoms with van der Waals surface area (Å²) in [4.78, 5) is 20.1. The average molecular weight is 556 g/mol. The lowest BCUT2D eigenvalue weighted by Crippen LogP contribution is -1.97. The Hall–Kier alpha value is -5.83. The molecule has 4 aromatic heterocycles. The molecule has 210 valence electrons. The molecule has 0 saturated carbocycles. The van der Waals surface area contributed by atoms with Crippen LogP contribution in [0, 0.1) is 13.8 Å². The van der Waals surface area contributed by atoms with E-state index in [-0.39, 0.29) is 0 Å². The monoisotopic (exact) mass is 555 g/mol. The molecule has 9 heteroatoms. The zero-order valence-electron chi connectivity index (χ0n) is 23.5. The van der Waals surface area contributed by atoms with Crippen molar-refractivity contribution in [3.63, 3.8) is 0 Å². The highest BCUT2D eigenvalue weighted by atomic mass is 15.0. The minimum absolute atomic E-state index is 0.354. The van der Waals surface area contributed by atoms with Gasteiger partial charge >= 0.3 is 0 Å². The van der Waals surface area contributed by atoms with E-state index in [9.17, 15) is 0 Å². The van der Waals surface area contributed by atoms with Crippen molar-refractivity contribution in [2.24, 2.45) is 0 Å². The van der Waals surface area contributed by atoms with Gasteiger partial charge in [0.25, 0.3) is 0 Å². The van der Waals surface area contributed by atoms with Crippen LogP contribution in [0.5, 0.6) is 0 Å². The van der Waals surface area contributed by atoms with Crippen molar-refractivity contribution in [1.29, 1.82) is 0 Å². The van der Waals surface area contributed by atoms with Gasteiger partial charge in [0, 0.05) is 45.6 Å². The van der Waals surface area contributed by atoms with E-state index in [0.29, 0.717) is 17.5 Å². The molecule has 9 nitrogen and oxygen atoms in total. The van der Waals surface area contributed by atoms with Crippen molar-refractivity contribution in [1.82, 2.24) is 24.9 Å². The third kappa shape index (κ3) is 8.09. The first-order valence-corrected chi connectivity index (χ1v) is 13.2. The number of nitrogen functional groups attached to an aromatic ring is 4. The van der Waals surface area contributed by atoms with Gasteiger partial charge in [-0.1, -0.05) is 48.5 Å². The Balaban J connectivity index is 0.000000129. The first kappa shape index (κ1) is 29.2. The number of benzene rings is 3. The number of rotatable bonds is 0. The third-order valence-corrected chi connectivity index (χ3v) is 6.00. The SMILES string of the molecule is Cc1cc(C)nc(N)n1.Nc1cccc2ncccc12.Nc1cnc2ccccc2c1.Nc1nccc2ccccc12. The summed E-state index contributed by atoms with van der Waals surface area (Å²) in [5.74, 6) is 0.954. The summed E-state index contributed by atoms with van der Waals surface area (Å²) in [7, 11) is 0. The summed E-state index contributed by atoms with van der Waals surface area (Å²) in [6, 6.07) is 31.2. The standard InChI is InChI=1S/3C9H8N2.C6H9N3/c10-8-4-1-5-9-7(8)3-2-6-11-9;10-8-5-7-3-1-2-4-9(7)11-6-8;10-9-8-4-2-1-3-7(8)5-6-11-9;1-4-3-5(2)9-6(7)8-4/h2*1-6H,10H2;1-6H,(H2,10,11);3H,1-2H3,(H2,7,8,9). The van der Waals surface area contributed by atoms with E-state index >= 15 is 0 Å². The van der Waals surface area contributed by atoms with Crippen LogP contribution in [0.25, 0.3) is 32.6 Å². The molecule has 0 radical (unpaired) electrons. The van der Waals surface area contributed by atoms with Crippen molar-refractivity contribution < 1.29 is 0 Å². The fourth-order valence-electron chi connectivity index (χ4n) is 4.11. The fourth-order valence-corrected chi connectivity index (χ4v) is 4.11. The molecule has 7 rings (SSSR count). The van der Waals surface area contributed by atoms with Crippen LogP contribution >= 0.6 is 0 Å². The van der Waals surface area contributed by atoms with Crippen molar-refractivity contribution >= 4 is 55.7 Å². The van der Waals surface area contributed by atoms with E-state index in [1.807, 2.05) is 111 Å². The Morgan fingerprint density at radius 2 is 1.19 bits per heavy atom. The van der Waals surface area contributed by atoms with Crippen molar-refractivity contribution in [3.8, 4) is 0 Å². The first-order chi connectivity index (χ1) is 20.3. The number of aryl methyl sites for hydroxylation is 2. The number of aromatic nitrogens is 5. The second-order valence-electron chi connectivity index (χ2n) is 9.30. The molecular formula is C33H33N9. The molecule has 0 aliphatic carbocycles. The summed E-state index contributed by atoms with van der Waals surface area (Å²) in [6.45, 7) is 3.79. The number of nitrogens with zero attached hydrogens (tertiary/aromatic N) is 5. The number of nitrogens with two attached hydrogens (primary N) is 4. The lowest BCUT2D eigenvalue weighted by Gasteiger charge is -1.97. The molecular weight excluding hydrogens is 522 g/mol. The summed E-state index contributed by atoms with van der Waals surface area (Å²) in [5.41, 5.74) is 27.5. The topological polar surface area (TPSA) is 169 Å². The molecule has 0 aliphatic rings. The van der Waals surface area contributed by atoms with Gasteiger partial charge in [0.2, 0.25) is 5.95 Å². The van der Waals surface area contributed by atoms with E-state index in [1.54, 1.807) is 18.6 Å². The van der Waals surface area contributed by atoms with Crippen LogP contribution in [0.3, 0.4) is 0 Å². The van der Waals surface area contributed by atoms with Gasteiger partial charge in [-0.05, 0) is 67.8 Å². The van der Waals surface area contributed by atoms with Crippen LogP contribution in [0.4, 0.5) is 23.1 Å². The van der Waals surface area contributed by atoms with Crippen LogP contribution < -0.4 is 22.9 Å². The number of hydrogen-bond acceptors (Lipinski definition) is 9. The molecule has 0 spiro atoms. The number of para-hydroxylation sites is 1. The van der Waals surface area contributed by atoms with Gasteiger partial charge in [-0.2, -0.15) is 0 Å². The summed E-state index contributed by atoms with van der Waals surface area (Å²) >= 11 is 0. The summed E-state index contributed by atoms with van der Waals surface area (Å²) in [5, 5.41) is 4.28. The van der Waals surface area contributed by atoms with E-state index < -0.39 is 0 Å². The Morgan fingerprint density at radius 3 is 1.90 bits per heavy atom. The van der Waals surface area contributed by atoms with Crippen molar-refractivity contribution in [2.75, 3.05) is 22.9 Å². The van der Waals surface area contributed by atoms with Gasteiger partial charge in [-0.15, -0.1) is 0 Å². The Kier molecular flexibility index (Phi) is 9.72. The molecule has 0 amide bonds. The van der Waals surface area contributed by atoms with Gasteiger partial charge in [-0.3, -0.25) is 9.97 Å². The molecule has 4 heterocycles. The Morgan fingerprint density at radius 1 is 0.524 bits per heavy atom. The summed E-state index contributed by atoms with van der Waals surface area (Å²) in [6.07, 6.45) is 5.15. The number of pyridine rings is 3. The highest BCUT2D eigenvalue weighted by molar-refractivity contribution is 5.90. The minimum Gasteiger partial charge on any atom is -0.398 e. The Labute approximate surface area is 244 Å². The third-order valence-electron chi connectivity index (χ3n) is 6.00. The van der Waals surface area contributed by atoms with Gasteiger partial charge in [0.1, 0.15) is 5.82 Å². The minimum atomic E-state index is 0.354. The van der Waals surface area contributed by atoms with Gasteiger partial charge in [0.15, 0.2) is 0 Å². The molecule has 0 unspecified atom stereocenters. The molecule has 0 atom stereocenters. The largest absolute Gasteiger partial charge is 0.398 e. The molecule has 0 bridgehead atoms. The molecule has 7 aromatic rings. The normalized spacial score (nSPS) is 10.0. The van der Waals surface area contributed by atoms with Gasteiger partial charge in [0.05, 0.1) is 22.9 Å². The number of anilines is 4. The van der Waals surface area contributed by atoms with Gasteiger partial charge in [-0.25, -0.2) is 15.0 Å². The first-order valence-electron chi connectivity index (χ1n) is 13.2. The maximum absolute atomic E-state index is 5.72. The fraction of sp³-hybridized carbons (Fsp3) is 0.0606. The van der Waals surface area contributed by atoms with E-state index in [2.05, 4.69) is 24.9 Å². The zero-order chi connectivity index (χ0) is 29.9.